The zero-order valence-electron chi connectivity index (χ0n) is 12.1. The van der Waals surface area contributed by atoms with Gasteiger partial charge in [0.2, 0.25) is 5.91 Å². The van der Waals surface area contributed by atoms with Gasteiger partial charge < -0.3 is 15.2 Å². The fourth-order valence-electron chi connectivity index (χ4n) is 2.48. The molecule has 1 saturated heterocycles. The minimum Gasteiger partial charge on any atom is -0.481 e. The number of alkyl halides is 3. The van der Waals surface area contributed by atoms with Crippen molar-refractivity contribution >= 4 is 17.6 Å². The van der Waals surface area contributed by atoms with E-state index < -0.39 is 35.6 Å². The van der Waals surface area contributed by atoms with Gasteiger partial charge in [-0.2, -0.15) is 13.2 Å². The number of hydrogen-bond donors (Lipinski definition) is 2. The summed E-state index contributed by atoms with van der Waals surface area (Å²) in [7, 11) is 0. The van der Waals surface area contributed by atoms with Crippen molar-refractivity contribution in [1.82, 2.24) is 0 Å². The molecule has 8 heteroatoms. The molecule has 2 atom stereocenters. The molecule has 0 saturated carbocycles. The van der Waals surface area contributed by atoms with Crippen molar-refractivity contribution in [1.29, 1.82) is 0 Å². The van der Waals surface area contributed by atoms with E-state index in [1.807, 2.05) is 0 Å². The third-order valence-corrected chi connectivity index (χ3v) is 3.61. The molecule has 1 aromatic rings. The minimum atomic E-state index is -4.51. The van der Waals surface area contributed by atoms with Gasteiger partial charge >= 0.3 is 12.1 Å². The first kappa shape index (κ1) is 17.3. The van der Waals surface area contributed by atoms with Crippen molar-refractivity contribution in [2.45, 2.75) is 31.5 Å². The summed E-state index contributed by atoms with van der Waals surface area (Å²) >= 11 is 0. The average molecular weight is 331 g/mol. The highest BCUT2D eigenvalue weighted by atomic mass is 19.4. The number of rotatable bonds is 5. The van der Waals surface area contributed by atoms with Crippen LogP contribution in [-0.4, -0.2) is 29.7 Å². The molecule has 1 aromatic carbocycles. The molecule has 5 nitrogen and oxygen atoms in total. The molecule has 0 bridgehead atoms. The monoisotopic (exact) mass is 331 g/mol. The number of halogens is 3. The van der Waals surface area contributed by atoms with Gasteiger partial charge in [-0.15, -0.1) is 0 Å². The highest BCUT2D eigenvalue weighted by Crippen LogP contribution is 2.31. The summed E-state index contributed by atoms with van der Waals surface area (Å²) in [6, 6.07) is 4.18. The molecule has 2 rings (SSSR count). The van der Waals surface area contributed by atoms with Gasteiger partial charge in [-0.05, 0) is 31.0 Å². The molecule has 0 radical (unpaired) electrons. The van der Waals surface area contributed by atoms with Crippen LogP contribution in [0.1, 0.15) is 24.8 Å². The number of carbonyl (C=O) groups excluding carboxylic acids is 1. The van der Waals surface area contributed by atoms with Gasteiger partial charge in [-0.25, -0.2) is 0 Å². The Morgan fingerprint density at radius 3 is 2.70 bits per heavy atom. The van der Waals surface area contributed by atoms with E-state index in [4.69, 9.17) is 4.74 Å². The Bertz CT molecular complexity index is 582. The van der Waals surface area contributed by atoms with Gasteiger partial charge in [0.05, 0.1) is 17.6 Å². The van der Waals surface area contributed by atoms with Gasteiger partial charge in [0.1, 0.15) is 0 Å². The van der Waals surface area contributed by atoms with Crippen LogP contribution in [0.3, 0.4) is 0 Å². The molecule has 2 N–H and O–H groups in total. The second-order valence-electron chi connectivity index (χ2n) is 5.33. The van der Waals surface area contributed by atoms with Crippen molar-refractivity contribution < 1.29 is 32.6 Å². The summed E-state index contributed by atoms with van der Waals surface area (Å²) in [6.45, 7) is 0.448. The molecular formula is C15H16F3NO4. The first-order chi connectivity index (χ1) is 10.8. The molecular weight excluding hydrogens is 315 g/mol. The maximum absolute atomic E-state index is 12.6. The van der Waals surface area contributed by atoms with Crippen LogP contribution in [0.2, 0.25) is 0 Å². The zero-order valence-corrected chi connectivity index (χ0v) is 12.1. The van der Waals surface area contributed by atoms with Crippen LogP contribution in [0.5, 0.6) is 0 Å². The second kappa shape index (κ2) is 6.99. The maximum atomic E-state index is 12.6. The van der Waals surface area contributed by atoms with Crippen LogP contribution in [-0.2, 0) is 20.5 Å². The van der Waals surface area contributed by atoms with Crippen molar-refractivity contribution in [3.63, 3.8) is 0 Å². The Balaban J connectivity index is 2.02. The fourth-order valence-corrected chi connectivity index (χ4v) is 2.48. The van der Waals surface area contributed by atoms with E-state index >= 15 is 0 Å². The van der Waals surface area contributed by atoms with E-state index in [1.54, 1.807) is 0 Å². The summed E-state index contributed by atoms with van der Waals surface area (Å²) < 4.78 is 43.1. The van der Waals surface area contributed by atoms with E-state index in [0.717, 1.165) is 18.6 Å². The number of anilines is 1. The van der Waals surface area contributed by atoms with Crippen molar-refractivity contribution in [2.24, 2.45) is 5.92 Å². The molecule has 1 fully saturated rings. The number of amides is 1. The highest BCUT2D eigenvalue weighted by molar-refractivity contribution is 5.93. The van der Waals surface area contributed by atoms with E-state index in [1.165, 1.54) is 12.1 Å². The topological polar surface area (TPSA) is 75.6 Å². The molecule has 23 heavy (non-hydrogen) atoms. The molecule has 0 spiro atoms. The van der Waals surface area contributed by atoms with Crippen molar-refractivity contribution in [3.05, 3.63) is 29.8 Å². The van der Waals surface area contributed by atoms with Crippen molar-refractivity contribution in [2.75, 3.05) is 11.9 Å². The van der Waals surface area contributed by atoms with Crippen LogP contribution in [0.4, 0.5) is 18.9 Å². The second-order valence-corrected chi connectivity index (χ2v) is 5.33. The smallest absolute Gasteiger partial charge is 0.416 e. The normalized spacial score (nSPS) is 19.3. The Morgan fingerprint density at radius 1 is 1.39 bits per heavy atom. The van der Waals surface area contributed by atoms with Gasteiger partial charge in [-0.1, -0.05) is 6.07 Å². The number of carbonyl (C=O) groups is 2. The summed E-state index contributed by atoms with van der Waals surface area (Å²) in [5, 5.41) is 11.5. The zero-order chi connectivity index (χ0) is 17.0. The quantitative estimate of drug-likeness (QED) is 0.870. The van der Waals surface area contributed by atoms with E-state index in [-0.39, 0.29) is 12.1 Å². The molecule has 1 aliphatic rings. The first-order valence-corrected chi connectivity index (χ1v) is 7.09. The standard InChI is InChI=1S/C15H16F3NO4/c16-15(17,18)9-3-1-4-10(7-9)19-13(20)8-11(14(21)22)12-5-2-6-23-12/h1,3-4,7,11-12H,2,5-6,8H2,(H,19,20)(H,21,22)/t11-,12-/m0/s1. The largest absolute Gasteiger partial charge is 0.481 e. The maximum Gasteiger partial charge on any atom is 0.416 e. The summed E-state index contributed by atoms with van der Waals surface area (Å²) in [5.41, 5.74) is -0.912. The lowest BCUT2D eigenvalue weighted by atomic mass is 9.96. The number of carboxylic acid groups (broad SMARTS) is 1. The third-order valence-electron chi connectivity index (χ3n) is 3.61. The number of carboxylic acids is 1. The highest BCUT2D eigenvalue weighted by Gasteiger charge is 2.34. The van der Waals surface area contributed by atoms with Gasteiger partial charge in [-0.3, -0.25) is 9.59 Å². The van der Waals surface area contributed by atoms with Crippen LogP contribution in [0.15, 0.2) is 24.3 Å². The lowest BCUT2D eigenvalue weighted by molar-refractivity contribution is -0.148. The van der Waals surface area contributed by atoms with Crippen molar-refractivity contribution in [3.8, 4) is 0 Å². The summed E-state index contributed by atoms with van der Waals surface area (Å²) in [4.78, 5) is 23.2. The molecule has 0 aliphatic carbocycles. The van der Waals surface area contributed by atoms with Gasteiger partial charge in [0.25, 0.3) is 0 Å². The Labute approximate surface area is 130 Å². The number of ether oxygens (including phenoxy) is 1. The fraction of sp³-hybridized carbons (Fsp3) is 0.467. The average Bonchev–Trinajstić information content (AvgIpc) is 2.97. The van der Waals surface area contributed by atoms with Crippen LogP contribution < -0.4 is 5.32 Å². The molecule has 1 aliphatic heterocycles. The summed E-state index contributed by atoms with van der Waals surface area (Å²) in [5.74, 6) is -2.83. The predicted octanol–water partition coefficient (Wildman–Crippen LogP) is 2.91. The molecule has 126 valence electrons. The lowest BCUT2D eigenvalue weighted by Crippen LogP contribution is -2.31. The molecule has 1 amide bonds. The predicted molar refractivity (Wildman–Crippen MR) is 74.8 cm³/mol. The number of aliphatic carboxylic acids is 1. The third kappa shape index (κ3) is 4.69. The van der Waals surface area contributed by atoms with Gasteiger partial charge in [0.15, 0.2) is 0 Å². The van der Waals surface area contributed by atoms with Crippen LogP contribution in [0.25, 0.3) is 0 Å². The SMILES string of the molecule is O=C(C[C@H](C(=O)O)[C@@H]1CCCO1)Nc1cccc(C(F)(F)F)c1. The van der Waals surface area contributed by atoms with E-state index in [9.17, 15) is 27.9 Å². The van der Waals surface area contributed by atoms with Gasteiger partial charge in [0, 0.05) is 18.7 Å². The molecule has 0 unspecified atom stereocenters. The van der Waals surface area contributed by atoms with E-state index in [0.29, 0.717) is 13.0 Å². The minimum absolute atomic E-state index is 0.0266. The Hall–Kier alpha value is -2.09. The number of benzene rings is 1. The van der Waals surface area contributed by atoms with Crippen LogP contribution in [0, 0.1) is 5.92 Å². The Kier molecular flexibility index (Phi) is 5.25. The summed E-state index contributed by atoms with van der Waals surface area (Å²) in [6.07, 6.45) is -4.13. The first-order valence-electron chi connectivity index (χ1n) is 7.09. The van der Waals surface area contributed by atoms with E-state index in [2.05, 4.69) is 5.32 Å². The molecule has 1 heterocycles. The number of hydrogen-bond acceptors (Lipinski definition) is 3. The Morgan fingerprint density at radius 2 is 2.13 bits per heavy atom. The number of nitrogens with one attached hydrogen (secondary N) is 1. The lowest BCUT2D eigenvalue weighted by Gasteiger charge is -2.18. The van der Waals surface area contributed by atoms with Crippen LogP contribution >= 0.6 is 0 Å². The molecule has 0 aromatic heterocycles.